The lowest BCUT2D eigenvalue weighted by molar-refractivity contribution is 1.49. The predicted molar refractivity (Wildman–Crippen MR) is 103 cm³/mol. The van der Waals surface area contributed by atoms with E-state index in [4.69, 9.17) is 0 Å². The third-order valence-corrected chi connectivity index (χ3v) is 5.10. The number of nitrogens with one attached hydrogen (secondary N) is 2. The first-order valence-corrected chi connectivity index (χ1v) is 8.40. The molecule has 0 amide bonds. The number of aromatic nitrogens is 2. The van der Waals surface area contributed by atoms with Crippen molar-refractivity contribution in [2.75, 3.05) is 0 Å². The number of aryl methyl sites for hydroxylation is 1. The summed E-state index contributed by atoms with van der Waals surface area (Å²) in [6.07, 6.45) is 0. The molecule has 2 heterocycles. The summed E-state index contributed by atoms with van der Waals surface area (Å²) in [5.41, 5.74) is 6.09. The van der Waals surface area contributed by atoms with Crippen molar-refractivity contribution in [3.63, 3.8) is 0 Å². The van der Waals surface area contributed by atoms with Gasteiger partial charge in [0.25, 0.3) is 0 Å². The highest BCUT2D eigenvalue weighted by Gasteiger charge is 2.10. The van der Waals surface area contributed by atoms with Gasteiger partial charge in [0.05, 0.1) is 0 Å². The third-order valence-electron chi connectivity index (χ3n) is 4.43. The molecule has 0 aliphatic carbocycles. The molecule has 0 bridgehead atoms. The fraction of sp³-hybridized carbons (Fsp3) is 0.0526. The van der Waals surface area contributed by atoms with E-state index in [0.717, 1.165) is 0 Å². The lowest BCUT2D eigenvalue weighted by Crippen LogP contribution is -1.72. The highest BCUT2D eigenvalue weighted by Crippen LogP contribution is 2.33. The standard InChI is InChI=1S/C19H13IN2/c1-10-2-4-16-12(6-10)14-8-19-15(9-18(14)21-16)13-7-11(20)3-5-17(13)22-19/h2-9,21-22H,1H3. The third kappa shape index (κ3) is 1.66. The van der Waals surface area contributed by atoms with Crippen molar-refractivity contribution in [3.05, 3.63) is 57.7 Å². The average Bonchev–Trinajstić information content (AvgIpc) is 3.02. The molecule has 3 aromatic carbocycles. The molecule has 0 saturated carbocycles. The van der Waals surface area contributed by atoms with Crippen LogP contribution in [-0.2, 0) is 0 Å². The van der Waals surface area contributed by atoms with Crippen LogP contribution in [-0.4, -0.2) is 9.97 Å². The molecule has 2 aromatic heterocycles. The normalized spacial score (nSPS) is 12.1. The minimum Gasteiger partial charge on any atom is -0.354 e. The highest BCUT2D eigenvalue weighted by molar-refractivity contribution is 14.1. The van der Waals surface area contributed by atoms with E-state index in [1.54, 1.807) is 0 Å². The van der Waals surface area contributed by atoms with E-state index >= 15 is 0 Å². The second-order valence-electron chi connectivity index (χ2n) is 5.93. The first kappa shape index (κ1) is 12.5. The lowest BCUT2D eigenvalue weighted by atomic mass is 10.1. The summed E-state index contributed by atoms with van der Waals surface area (Å²) >= 11 is 2.37. The molecule has 0 radical (unpaired) electrons. The van der Waals surface area contributed by atoms with Gasteiger partial charge < -0.3 is 9.97 Å². The van der Waals surface area contributed by atoms with Crippen LogP contribution in [0.15, 0.2) is 48.5 Å². The summed E-state index contributed by atoms with van der Waals surface area (Å²) in [5, 5.41) is 5.15. The summed E-state index contributed by atoms with van der Waals surface area (Å²) < 4.78 is 1.26. The Hall–Kier alpha value is -2.01. The summed E-state index contributed by atoms with van der Waals surface area (Å²) in [7, 11) is 0. The first-order valence-electron chi connectivity index (χ1n) is 7.32. The van der Waals surface area contributed by atoms with E-state index in [9.17, 15) is 0 Å². The van der Waals surface area contributed by atoms with Crippen LogP contribution in [0.5, 0.6) is 0 Å². The topological polar surface area (TPSA) is 31.6 Å². The van der Waals surface area contributed by atoms with Gasteiger partial charge in [0.15, 0.2) is 0 Å². The summed E-state index contributed by atoms with van der Waals surface area (Å²) in [4.78, 5) is 7.10. The van der Waals surface area contributed by atoms with Crippen molar-refractivity contribution in [2.24, 2.45) is 0 Å². The van der Waals surface area contributed by atoms with Crippen LogP contribution in [0.4, 0.5) is 0 Å². The predicted octanol–water partition coefficient (Wildman–Crippen LogP) is 5.87. The first-order chi connectivity index (χ1) is 10.7. The van der Waals surface area contributed by atoms with Crippen LogP contribution in [0.1, 0.15) is 5.56 Å². The Kier molecular flexibility index (Phi) is 2.42. The van der Waals surface area contributed by atoms with Gasteiger partial charge in [-0.3, -0.25) is 0 Å². The maximum absolute atomic E-state index is 3.55. The number of hydrogen-bond acceptors (Lipinski definition) is 0. The molecule has 3 heteroatoms. The molecule has 0 unspecified atom stereocenters. The zero-order valence-electron chi connectivity index (χ0n) is 12.0. The van der Waals surface area contributed by atoms with Crippen LogP contribution in [0.3, 0.4) is 0 Å². The molecule has 0 spiro atoms. The van der Waals surface area contributed by atoms with Gasteiger partial charge in [-0.25, -0.2) is 0 Å². The van der Waals surface area contributed by atoms with E-state index in [2.05, 4.69) is 88.0 Å². The van der Waals surface area contributed by atoms with Crippen LogP contribution in [0.25, 0.3) is 43.6 Å². The molecule has 5 aromatic rings. The number of aromatic amines is 2. The van der Waals surface area contributed by atoms with Gasteiger partial charge in [-0.2, -0.15) is 0 Å². The van der Waals surface area contributed by atoms with Crippen LogP contribution >= 0.6 is 22.6 Å². The fourth-order valence-electron chi connectivity index (χ4n) is 3.38. The maximum atomic E-state index is 3.55. The van der Waals surface area contributed by atoms with Gasteiger partial charge in [-0.1, -0.05) is 11.6 Å². The quantitative estimate of drug-likeness (QED) is 0.307. The van der Waals surface area contributed by atoms with Gasteiger partial charge in [-0.15, -0.1) is 0 Å². The van der Waals surface area contributed by atoms with Gasteiger partial charge in [-0.05, 0) is 72.0 Å². The van der Waals surface area contributed by atoms with Crippen LogP contribution in [0.2, 0.25) is 0 Å². The molecule has 0 aliphatic heterocycles. The van der Waals surface area contributed by atoms with E-state index in [1.807, 2.05) is 0 Å². The molecule has 2 N–H and O–H groups in total. The number of H-pyrrole nitrogens is 2. The highest BCUT2D eigenvalue weighted by atomic mass is 127. The minimum absolute atomic E-state index is 1.20. The van der Waals surface area contributed by atoms with Crippen molar-refractivity contribution in [2.45, 2.75) is 6.92 Å². The zero-order chi connectivity index (χ0) is 14.8. The van der Waals surface area contributed by atoms with Crippen molar-refractivity contribution in [1.82, 2.24) is 9.97 Å². The monoisotopic (exact) mass is 396 g/mol. The van der Waals surface area contributed by atoms with Crippen molar-refractivity contribution < 1.29 is 0 Å². The Morgan fingerprint density at radius 2 is 1.18 bits per heavy atom. The SMILES string of the molecule is Cc1ccc2[nH]c3cc4c(cc3c2c1)[nH]c1ccc(I)cc14. The smallest absolute Gasteiger partial charge is 0.0472 e. The van der Waals surface area contributed by atoms with E-state index in [0.29, 0.717) is 0 Å². The van der Waals surface area contributed by atoms with Gasteiger partial charge in [0, 0.05) is 47.2 Å². The van der Waals surface area contributed by atoms with E-state index < -0.39 is 0 Å². The summed E-state index contributed by atoms with van der Waals surface area (Å²) in [6, 6.07) is 17.7. The van der Waals surface area contributed by atoms with Crippen LogP contribution in [0, 0.1) is 10.5 Å². The lowest BCUT2D eigenvalue weighted by Gasteiger charge is -1.95. The number of rotatable bonds is 0. The molecule has 0 fully saturated rings. The Morgan fingerprint density at radius 1 is 0.636 bits per heavy atom. The molecular formula is C19H13IN2. The van der Waals surface area contributed by atoms with Crippen molar-refractivity contribution in [1.29, 1.82) is 0 Å². The Balaban J connectivity index is 1.99. The molecule has 0 saturated heterocycles. The second kappa shape index (κ2) is 4.26. The molecule has 22 heavy (non-hydrogen) atoms. The largest absolute Gasteiger partial charge is 0.354 e. The number of fused-ring (bicyclic) bond motifs is 6. The maximum Gasteiger partial charge on any atom is 0.0472 e. The Labute approximate surface area is 140 Å². The number of halogens is 1. The molecule has 5 rings (SSSR count). The average molecular weight is 396 g/mol. The van der Waals surface area contributed by atoms with Crippen LogP contribution < -0.4 is 0 Å². The molecule has 0 atom stereocenters. The molecule has 2 nitrogen and oxygen atoms in total. The van der Waals surface area contributed by atoms with Crippen molar-refractivity contribution in [3.8, 4) is 0 Å². The summed E-state index contributed by atoms with van der Waals surface area (Å²) in [6.45, 7) is 2.14. The van der Waals surface area contributed by atoms with E-state index in [1.165, 1.54) is 52.7 Å². The van der Waals surface area contributed by atoms with Gasteiger partial charge in [0.1, 0.15) is 0 Å². The Bertz CT molecular complexity index is 1100. The number of benzene rings is 3. The molecule has 106 valence electrons. The minimum atomic E-state index is 1.20. The summed E-state index contributed by atoms with van der Waals surface area (Å²) in [5.74, 6) is 0. The van der Waals surface area contributed by atoms with E-state index in [-0.39, 0.29) is 0 Å². The second-order valence-corrected chi connectivity index (χ2v) is 7.18. The number of hydrogen-bond donors (Lipinski definition) is 2. The van der Waals surface area contributed by atoms with Gasteiger partial charge in [0.2, 0.25) is 0 Å². The molecular weight excluding hydrogens is 383 g/mol. The molecule has 0 aliphatic rings. The Morgan fingerprint density at radius 3 is 1.86 bits per heavy atom. The van der Waals surface area contributed by atoms with Gasteiger partial charge >= 0.3 is 0 Å². The fourth-order valence-corrected chi connectivity index (χ4v) is 3.87. The zero-order valence-corrected chi connectivity index (χ0v) is 14.2. The van der Waals surface area contributed by atoms with Crippen molar-refractivity contribution >= 4 is 66.2 Å².